The van der Waals surface area contributed by atoms with Crippen LogP contribution in [0.15, 0.2) is 30.3 Å². The molecule has 10 nitrogen and oxygen atoms in total. The number of nitrogens with two attached hydrogens (primary N) is 1. The number of carbonyl (C=O) groups excluding carboxylic acids is 5. The van der Waals surface area contributed by atoms with Gasteiger partial charge in [0.05, 0.1) is 17.5 Å². The highest BCUT2D eigenvalue weighted by atomic mass is 16.3. The maximum absolute atomic E-state index is 14.3. The Morgan fingerprint density at radius 2 is 1.64 bits per heavy atom. The summed E-state index contributed by atoms with van der Waals surface area (Å²) in [5, 5.41) is 23.5. The van der Waals surface area contributed by atoms with Crippen molar-refractivity contribution in [2.24, 2.45) is 35.3 Å². The number of primary amides is 1. The molecule has 0 aliphatic heterocycles. The van der Waals surface area contributed by atoms with E-state index < -0.39 is 64.4 Å². The summed E-state index contributed by atoms with van der Waals surface area (Å²) in [5.41, 5.74) is 6.33. The van der Waals surface area contributed by atoms with E-state index in [1.54, 1.807) is 14.1 Å². The van der Waals surface area contributed by atoms with Crippen molar-refractivity contribution in [2.75, 3.05) is 33.1 Å². The summed E-state index contributed by atoms with van der Waals surface area (Å²) in [5.74, 6) is -9.79. The number of phenolic OH excluding ortho intramolecular Hbond substituents is 1. The molecule has 3 fully saturated rings. The number of fused-ring (bicyclic) bond motifs is 3. The van der Waals surface area contributed by atoms with Crippen LogP contribution in [0.4, 0.5) is 5.69 Å². The first-order valence-corrected chi connectivity index (χ1v) is 15.8. The van der Waals surface area contributed by atoms with E-state index in [-0.39, 0.29) is 24.2 Å². The SMILES string of the molecule is CN(C)c1cc(-c2ccc(CC3CCCC3)cc2)c(O)c2c1C[C@@H]1C[C@@H]3[C@@H](N(C)C)C(=O)C(C(N)=O)C(=O)[C@]3(O)C(=O)C1C2=O. The number of nitrogens with zero attached hydrogens (tertiary/aromatic N) is 2. The largest absolute Gasteiger partial charge is 0.507 e. The molecule has 4 aliphatic carbocycles. The second kappa shape index (κ2) is 11.2. The minimum atomic E-state index is -2.75. The van der Waals surface area contributed by atoms with Crippen LogP contribution in [0.1, 0.15) is 53.6 Å². The summed E-state index contributed by atoms with van der Waals surface area (Å²) in [6, 6.07) is 8.68. The average molecular weight is 616 g/mol. The van der Waals surface area contributed by atoms with Gasteiger partial charge in [-0.15, -0.1) is 0 Å². The van der Waals surface area contributed by atoms with Gasteiger partial charge in [-0.2, -0.15) is 0 Å². The summed E-state index contributed by atoms with van der Waals surface area (Å²) in [7, 11) is 6.82. The van der Waals surface area contributed by atoms with Crippen molar-refractivity contribution in [3.63, 3.8) is 0 Å². The fourth-order valence-corrected chi connectivity index (χ4v) is 8.64. The Bertz CT molecular complexity index is 1610. The number of hydrogen-bond acceptors (Lipinski definition) is 9. The van der Waals surface area contributed by atoms with E-state index in [4.69, 9.17) is 5.73 Å². The van der Waals surface area contributed by atoms with Gasteiger partial charge in [0.2, 0.25) is 5.91 Å². The Morgan fingerprint density at radius 1 is 1.00 bits per heavy atom. The molecule has 0 aromatic heterocycles. The van der Waals surface area contributed by atoms with Crippen LogP contribution in [0.3, 0.4) is 0 Å². The number of hydrogen-bond donors (Lipinski definition) is 3. The molecule has 0 bridgehead atoms. The molecule has 0 saturated heterocycles. The molecule has 2 aromatic rings. The monoisotopic (exact) mass is 615 g/mol. The van der Waals surface area contributed by atoms with Crippen LogP contribution in [0.5, 0.6) is 5.75 Å². The maximum Gasteiger partial charge on any atom is 0.235 e. The molecule has 10 heteroatoms. The van der Waals surface area contributed by atoms with E-state index in [0.29, 0.717) is 22.7 Å². The van der Waals surface area contributed by atoms with Gasteiger partial charge >= 0.3 is 0 Å². The van der Waals surface area contributed by atoms with Crippen molar-refractivity contribution in [1.82, 2.24) is 4.90 Å². The number of likely N-dealkylation sites (N-methyl/N-ethyl adjacent to an activating group) is 1. The number of Topliss-reactive ketones (excluding diaryl/α,β-unsaturated/α-hetero) is 4. The molecule has 6 atom stereocenters. The molecule has 4 aliphatic rings. The summed E-state index contributed by atoms with van der Waals surface area (Å²) in [6.07, 6.45) is 6.24. The minimum Gasteiger partial charge on any atom is -0.507 e. The molecule has 3 saturated carbocycles. The van der Waals surface area contributed by atoms with Gasteiger partial charge in [0.1, 0.15) is 5.75 Å². The minimum absolute atomic E-state index is 0.00201. The molecule has 2 aromatic carbocycles. The Kier molecular flexibility index (Phi) is 7.72. The van der Waals surface area contributed by atoms with Crippen molar-refractivity contribution in [3.05, 3.63) is 47.0 Å². The van der Waals surface area contributed by atoms with Crippen molar-refractivity contribution in [1.29, 1.82) is 0 Å². The molecule has 45 heavy (non-hydrogen) atoms. The van der Waals surface area contributed by atoms with Gasteiger partial charge < -0.3 is 20.8 Å². The molecule has 0 radical (unpaired) electrons. The van der Waals surface area contributed by atoms with Gasteiger partial charge in [0.25, 0.3) is 0 Å². The number of ketones is 4. The Labute approximate surface area is 262 Å². The smallest absolute Gasteiger partial charge is 0.235 e. The maximum atomic E-state index is 14.3. The highest BCUT2D eigenvalue weighted by Gasteiger charge is 2.69. The average Bonchev–Trinajstić information content (AvgIpc) is 3.48. The van der Waals surface area contributed by atoms with Gasteiger partial charge in [0, 0.05) is 31.3 Å². The molecule has 4 N–H and O–H groups in total. The molecule has 238 valence electrons. The van der Waals surface area contributed by atoms with E-state index in [1.165, 1.54) is 36.1 Å². The lowest BCUT2D eigenvalue weighted by Crippen LogP contribution is -2.74. The highest BCUT2D eigenvalue weighted by Crippen LogP contribution is 2.53. The van der Waals surface area contributed by atoms with Crippen molar-refractivity contribution in [3.8, 4) is 16.9 Å². The number of carbonyl (C=O) groups is 5. The fraction of sp³-hybridized carbons (Fsp3) is 0.514. The van der Waals surface area contributed by atoms with Crippen LogP contribution < -0.4 is 10.6 Å². The summed E-state index contributed by atoms with van der Waals surface area (Å²) >= 11 is 0. The van der Waals surface area contributed by atoms with Crippen LogP contribution >= 0.6 is 0 Å². The van der Waals surface area contributed by atoms with E-state index in [0.717, 1.165) is 12.0 Å². The zero-order chi connectivity index (χ0) is 32.5. The third kappa shape index (κ3) is 4.72. The van der Waals surface area contributed by atoms with Crippen LogP contribution in [-0.4, -0.2) is 84.0 Å². The fourth-order valence-electron chi connectivity index (χ4n) is 8.64. The summed E-state index contributed by atoms with van der Waals surface area (Å²) < 4.78 is 0. The summed E-state index contributed by atoms with van der Waals surface area (Å²) in [4.78, 5) is 70.9. The highest BCUT2D eigenvalue weighted by molar-refractivity contribution is 6.32. The zero-order valence-corrected chi connectivity index (χ0v) is 26.2. The van der Waals surface area contributed by atoms with Crippen LogP contribution in [0.25, 0.3) is 11.1 Å². The topological polar surface area (TPSA) is 158 Å². The third-order valence-corrected chi connectivity index (χ3v) is 10.8. The predicted octanol–water partition coefficient (Wildman–Crippen LogP) is 2.33. The van der Waals surface area contributed by atoms with Crippen molar-refractivity contribution >= 4 is 34.7 Å². The molecule has 1 amide bonds. The van der Waals surface area contributed by atoms with Crippen LogP contribution in [-0.2, 0) is 32.0 Å². The first kappa shape index (κ1) is 31.1. The Morgan fingerprint density at radius 3 is 2.22 bits per heavy atom. The summed E-state index contributed by atoms with van der Waals surface area (Å²) in [6.45, 7) is 0. The van der Waals surface area contributed by atoms with Crippen LogP contribution in [0.2, 0.25) is 0 Å². The van der Waals surface area contributed by atoms with E-state index >= 15 is 0 Å². The lowest BCUT2D eigenvalue weighted by Gasteiger charge is -2.52. The number of aliphatic hydroxyl groups is 1. The number of amides is 1. The number of rotatable bonds is 6. The molecule has 2 unspecified atom stereocenters. The lowest BCUT2D eigenvalue weighted by molar-refractivity contribution is -0.181. The molecule has 6 rings (SSSR count). The van der Waals surface area contributed by atoms with E-state index in [9.17, 15) is 34.2 Å². The van der Waals surface area contributed by atoms with Crippen LogP contribution in [0, 0.1) is 29.6 Å². The van der Waals surface area contributed by atoms with Gasteiger partial charge in [0.15, 0.2) is 34.7 Å². The molecule has 0 heterocycles. The quantitative estimate of drug-likeness (QED) is 0.415. The number of anilines is 1. The van der Waals surface area contributed by atoms with Gasteiger partial charge in [-0.05, 0) is 68.0 Å². The lowest BCUT2D eigenvalue weighted by atomic mass is 9.52. The number of phenols is 1. The first-order valence-electron chi connectivity index (χ1n) is 15.8. The Hall–Kier alpha value is -3.89. The first-order chi connectivity index (χ1) is 21.3. The number of benzene rings is 2. The second-order valence-corrected chi connectivity index (χ2v) is 13.9. The van der Waals surface area contributed by atoms with Gasteiger partial charge in [-0.1, -0.05) is 49.9 Å². The predicted molar refractivity (Wildman–Crippen MR) is 167 cm³/mol. The van der Waals surface area contributed by atoms with Crippen molar-refractivity contribution < 1.29 is 34.2 Å². The molecular weight excluding hydrogens is 574 g/mol. The van der Waals surface area contributed by atoms with Crippen molar-refractivity contribution in [2.45, 2.75) is 56.6 Å². The molecular formula is C35H41N3O7. The third-order valence-electron chi connectivity index (χ3n) is 10.8. The van der Waals surface area contributed by atoms with E-state index in [1.807, 2.05) is 49.3 Å². The zero-order valence-electron chi connectivity index (χ0n) is 26.2. The second-order valence-electron chi connectivity index (χ2n) is 13.9. The normalized spacial score (nSPS) is 29.9. The van der Waals surface area contributed by atoms with E-state index in [2.05, 4.69) is 0 Å². The number of aromatic hydroxyl groups is 1. The van der Waals surface area contributed by atoms with Gasteiger partial charge in [-0.25, -0.2) is 0 Å². The van der Waals surface area contributed by atoms with Gasteiger partial charge in [-0.3, -0.25) is 28.9 Å². The standard InChI is InChI=1S/C35H41N3O7/c1-37(2)24-16-21(19-11-9-18(10-12-19)13-17-7-5-6-8-17)29(39)26-22(24)14-20-15-23-28(38(3)4)31(41)27(34(36)44)33(43)35(23,45)32(42)25(20)30(26)40/h9-12,16-17,20,23,25,27-28,39,45H,5-8,13-15H2,1-4H3,(H2,36,44)/t20-,23-,25?,27?,28-,35-/m1/s1. The molecule has 0 spiro atoms. The Balaban J connectivity index is 1.43.